The second-order valence-corrected chi connectivity index (χ2v) is 8.31. The summed E-state index contributed by atoms with van der Waals surface area (Å²) in [4.78, 5) is 26.7. The first kappa shape index (κ1) is 21.1. The van der Waals surface area contributed by atoms with E-state index in [1.165, 1.54) is 28.2 Å². The number of cyclic esters (lactones) is 1. The van der Waals surface area contributed by atoms with E-state index in [0.29, 0.717) is 24.8 Å². The van der Waals surface area contributed by atoms with Crippen LogP contribution in [0.15, 0.2) is 42.5 Å². The van der Waals surface area contributed by atoms with Crippen LogP contribution in [0.5, 0.6) is 0 Å². The molecule has 2 saturated heterocycles. The number of nitro benzene ring substituents is 1. The van der Waals surface area contributed by atoms with E-state index < -0.39 is 11.0 Å². The number of anilines is 2. The Labute approximate surface area is 181 Å². The predicted molar refractivity (Wildman–Crippen MR) is 119 cm³/mol. The first-order valence-corrected chi connectivity index (χ1v) is 10.7. The highest BCUT2D eigenvalue weighted by Crippen LogP contribution is 2.33. The number of aryl methyl sites for hydroxylation is 1. The largest absolute Gasteiger partial charge is 0.447 e. The van der Waals surface area contributed by atoms with Crippen molar-refractivity contribution in [2.45, 2.75) is 26.3 Å². The Morgan fingerprint density at radius 2 is 1.87 bits per heavy atom. The average Bonchev–Trinajstić information content (AvgIpc) is 3.20. The van der Waals surface area contributed by atoms with Gasteiger partial charge in [-0.3, -0.25) is 19.9 Å². The minimum Gasteiger partial charge on any atom is -0.447 e. The summed E-state index contributed by atoms with van der Waals surface area (Å²) in [5.74, 6) is 0.517. The third-order valence-corrected chi connectivity index (χ3v) is 6.06. The molecule has 2 aliphatic rings. The van der Waals surface area contributed by atoms with Crippen LogP contribution in [0.1, 0.15) is 24.0 Å². The molecule has 0 atom stereocenters. The number of benzene rings is 2. The van der Waals surface area contributed by atoms with Gasteiger partial charge in [0.15, 0.2) is 0 Å². The van der Waals surface area contributed by atoms with Crippen molar-refractivity contribution in [2.75, 3.05) is 43.0 Å². The molecule has 0 unspecified atom stereocenters. The van der Waals surface area contributed by atoms with Crippen LogP contribution in [0.2, 0.25) is 0 Å². The molecular formula is C23H28N4O4. The Kier molecular flexibility index (Phi) is 6.36. The zero-order chi connectivity index (χ0) is 21.8. The lowest BCUT2D eigenvalue weighted by Crippen LogP contribution is -2.35. The number of rotatable bonds is 7. The molecule has 0 radical (unpaired) electrons. The number of likely N-dealkylation sites (tertiary alicyclic amines) is 1. The minimum absolute atomic E-state index is 0.0373. The molecule has 2 fully saturated rings. The van der Waals surface area contributed by atoms with E-state index in [2.05, 4.69) is 41.4 Å². The van der Waals surface area contributed by atoms with Gasteiger partial charge >= 0.3 is 6.09 Å². The van der Waals surface area contributed by atoms with E-state index in [9.17, 15) is 14.9 Å². The van der Waals surface area contributed by atoms with E-state index in [4.69, 9.17) is 4.74 Å². The van der Waals surface area contributed by atoms with Gasteiger partial charge in [-0.2, -0.15) is 0 Å². The maximum Gasteiger partial charge on any atom is 0.414 e. The zero-order valence-electron chi connectivity index (χ0n) is 17.8. The molecule has 2 aliphatic heterocycles. The number of nitrogens with zero attached hydrogens (tertiary/aromatic N) is 3. The quantitative estimate of drug-likeness (QED) is 0.530. The molecule has 0 aromatic heterocycles. The molecule has 8 heteroatoms. The standard InChI is InChI=1S/C23H28N4O4/c1-17-2-4-19(5-3-17)16-25-10-8-18(9-11-25)15-24-21-7-6-20(27(29)30)14-22(21)26-12-13-31-23(26)28/h2-7,14,18,24H,8-13,15-16H2,1H3. The van der Waals surface area contributed by atoms with Crippen molar-refractivity contribution in [3.63, 3.8) is 0 Å². The smallest absolute Gasteiger partial charge is 0.414 e. The third kappa shape index (κ3) is 5.14. The van der Waals surface area contributed by atoms with Crippen molar-refractivity contribution in [1.29, 1.82) is 0 Å². The molecule has 31 heavy (non-hydrogen) atoms. The lowest BCUT2D eigenvalue weighted by atomic mass is 9.96. The topological polar surface area (TPSA) is 87.9 Å². The Balaban J connectivity index is 1.34. The number of hydrogen-bond donors (Lipinski definition) is 1. The monoisotopic (exact) mass is 424 g/mol. The molecule has 164 valence electrons. The van der Waals surface area contributed by atoms with Gasteiger partial charge in [0.2, 0.25) is 0 Å². The second kappa shape index (κ2) is 9.34. The summed E-state index contributed by atoms with van der Waals surface area (Å²) in [6, 6.07) is 13.3. The van der Waals surface area contributed by atoms with Crippen molar-refractivity contribution in [2.24, 2.45) is 5.92 Å². The van der Waals surface area contributed by atoms with Crippen molar-refractivity contribution >= 4 is 23.2 Å². The van der Waals surface area contributed by atoms with Crippen LogP contribution in [0.25, 0.3) is 0 Å². The fourth-order valence-corrected chi connectivity index (χ4v) is 4.17. The maximum atomic E-state index is 12.0. The molecule has 2 aromatic carbocycles. The van der Waals surface area contributed by atoms with Crippen molar-refractivity contribution < 1.29 is 14.5 Å². The van der Waals surface area contributed by atoms with Gasteiger partial charge in [0.1, 0.15) is 6.61 Å². The van der Waals surface area contributed by atoms with E-state index in [-0.39, 0.29) is 5.69 Å². The average molecular weight is 425 g/mol. The summed E-state index contributed by atoms with van der Waals surface area (Å²) in [7, 11) is 0. The van der Waals surface area contributed by atoms with E-state index >= 15 is 0 Å². The Hall–Kier alpha value is -3.13. The molecule has 2 heterocycles. The fourth-order valence-electron chi connectivity index (χ4n) is 4.17. The molecule has 0 aliphatic carbocycles. The number of nitrogens with one attached hydrogen (secondary N) is 1. The Morgan fingerprint density at radius 1 is 1.13 bits per heavy atom. The third-order valence-electron chi connectivity index (χ3n) is 6.06. The van der Waals surface area contributed by atoms with Gasteiger partial charge in [-0.05, 0) is 50.4 Å². The Morgan fingerprint density at radius 3 is 2.52 bits per heavy atom. The van der Waals surface area contributed by atoms with Crippen LogP contribution >= 0.6 is 0 Å². The van der Waals surface area contributed by atoms with Gasteiger partial charge in [0.25, 0.3) is 5.69 Å². The van der Waals surface area contributed by atoms with Crippen molar-refractivity contribution in [3.05, 3.63) is 63.7 Å². The van der Waals surface area contributed by atoms with E-state index in [0.717, 1.165) is 44.7 Å². The van der Waals surface area contributed by atoms with Crippen LogP contribution in [0.3, 0.4) is 0 Å². The molecule has 0 saturated carbocycles. The maximum absolute atomic E-state index is 12.0. The number of carbonyl (C=O) groups is 1. The summed E-state index contributed by atoms with van der Waals surface area (Å²) in [6.45, 7) is 6.63. The predicted octanol–water partition coefficient (Wildman–Crippen LogP) is 4.18. The molecule has 1 N–H and O–H groups in total. The molecule has 4 rings (SSSR count). The van der Waals surface area contributed by atoms with Gasteiger partial charge in [0.05, 0.1) is 22.8 Å². The molecule has 1 amide bonds. The Bertz CT molecular complexity index is 939. The lowest BCUT2D eigenvalue weighted by Gasteiger charge is -2.32. The lowest BCUT2D eigenvalue weighted by molar-refractivity contribution is -0.384. The summed E-state index contributed by atoms with van der Waals surface area (Å²) < 4.78 is 5.02. The van der Waals surface area contributed by atoms with E-state index in [1.54, 1.807) is 6.07 Å². The highest BCUT2D eigenvalue weighted by Gasteiger charge is 2.28. The first-order chi connectivity index (χ1) is 15.0. The number of hydrogen-bond acceptors (Lipinski definition) is 6. The van der Waals surface area contributed by atoms with Gasteiger partial charge in [-0.15, -0.1) is 0 Å². The molecule has 0 bridgehead atoms. The summed E-state index contributed by atoms with van der Waals surface area (Å²) in [5, 5.41) is 14.6. The number of piperidine rings is 1. The zero-order valence-corrected chi connectivity index (χ0v) is 17.8. The SMILES string of the molecule is Cc1ccc(CN2CCC(CNc3ccc([N+](=O)[O-])cc3N3CCOC3=O)CC2)cc1. The number of non-ortho nitro benzene ring substituents is 1. The highest BCUT2D eigenvalue weighted by atomic mass is 16.6. The number of amides is 1. The number of carbonyl (C=O) groups excluding carboxylic acids is 1. The minimum atomic E-state index is -0.465. The van der Waals surface area contributed by atoms with Crippen LogP contribution in [0.4, 0.5) is 21.9 Å². The first-order valence-electron chi connectivity index (χ1n) is 10.7. The van der Waals surface area contributed by atoms with Crippen LogP contribution in [-0.2, 0) is 11.3 Å². The van der Waals surface area contributed by atoms with Crippen molar-refractivity contribution in [1.82, 2.24) is 4.90 Å². The molecule has 0 spiro atoms. The van der Waals surface area contributed by atoms with Crippen LogP contribution in [0, 0.1) is 23.0 Å². The van der Waals surface area contributed by atoms with Gasteiger partial charge in [0, 0.05) is 25.2 Å². The highest BCUT2D eigenvalue weighted by molar-refractivity contribution is 5.94. The van der Waals surface area contributed by atoms with Gasteiger partial charge in [-0.1, -0.05) is 29.8 Å². The molecule has 2 aromatic rings. The molecular weight excluding hydrogens is 396 g/mol. The normalized spacial score (nSPS) is 17.6. The summed E-state index contributed by atoms with van der Waals surface area (Å²) in [6.07, 6.45) is 1.72. The summed E-state index contributed by atoms with van der Waals surface area (Å²) in [5.41, 5.74) is 3.82. The van der Waals surface area contributed by atoms with E-state index in [1.807, 2.05) is 0 Å². The number of nitro groups is 1. The van der Waals surface area contributed by atoms with Gasteiger partial charge < -0.3 is 10.1 Å². The fraction of sp³-hybridized carbons (Fsp3) is 0.435. The van der Waals surface area contributed by atoms with Crippen LogP contribution in [-0.4, -0.2) is 48.7 Å². The van der Waals surface area contributed by atoms with Crippen molar-refractivity contribution in [3.8, 4) is 0 Å². The second-order valence-electron chi connectivity index (χ2n) is 8.31. The van der Waals surface area contributed by atoms with Gasteiger partial charge in [-0.25, -0.2) is 4.79 Å². The van der Waals surface area contributed by atoms with Crippen LogP contribution < -0.4 is 10.2 Å². The molecule has 8 nitrogen and oxygen atoms in total. The summed E-state index contributed by atoms with van der Waals surface area (Å²) >= 11 is 0. The number of ether oxygens (including phenoxy) is 1.